The number of aliphatic carboxylic acids is 1. The molecule has 0 saturated heterocycles. The number of hydrogen-bond acceptors (Lipinski definition) is 3. The van der Waals surface area contributed by atoms with Crippen LogP contribution >= 0.6 is 0 Å². The number of carbonyl (C=O) groups is 3. The van der Waals surface area contributed by atoms with Gasteiger partial charge in [-0.15, -0.1) is 0 Å². The predicted molar refractivity (Wildman–Crippen MR) is 73.0 cm³/mol. The minimum absolute atomic E-state index is 0.0239. The molecule has 7 heteroatoms. The zero-order valence-electron chi connectivity index (χ0n) is 11.6. The Morgan fingerprint density at radius 1 is 1.33 bits per heavy atom. The zero-order chi connectivity index (χ0) is 15.8. The van der Waals surface area contributed by atoms with E-state index in [2.05, 4.69) is 5.32 Å². The Labute approximate surface area is 121 Å². The summed E-state index contributed by atoms with van der Waals surface area (Å²) in [6.45, 7) is -0.141. The second-order valence-corrected chi connectivity index (χ2v) is 4.54. The van der Waals surface area contributed by atoms with Gasteiger partial charge in [0, 0.05) is 13.6 Å². The first-order valence-corrected chi connectivity index (χ1v) is 6.35. The number of nitrogens with one attached hydrogen (secondary N) is 1. The summed E-state index contributed by atoms with van der Waals surface area (Å²) in [5, 5.41) is 10.9. The molecule has 0 unspecified atom stereocenters. The van der Waals surface area contributed by atoms with Gasteiger partial charge in [-0.05, 0) is 17.7 Å². The van der Waals surface area contributed by atoms with Crippen molar-refractivity contribution in [3.8, 4) is 0 Å². The molecule has 0 atom stereocenters. The smallest absolute Gasteiger partial charge is 0.305 e. The van der Waals surface area contributed by atoms with Crippen molar-refractivity contribution in [2.45, 2.75) is 12.8 Å². The van der Waals surface area contributed by atoms with Crippen LogP contribution in [0.5, 0.6) is 0 Å². The highest BCUT2D eigenvalue weighted by atomic mass is 19.1. The molecule has 0 spiro atoms. The van der Waals surface area contributed by atoms with Crippen LogP contribution in [0, 0.1) is 5.82 Å². The fourth-order valence-electron chi connectivity index (χ4n) is 1.59. The molecule has 0 aliphatic heterocycles. The van der Waals surface area contributed by atoms with E-state index in [4.69, 9.17) is 5.11 Å². The Morgan fingerprint density at radius 3 is 2.67 bits per heavy atom. The number of amides is 2. The predicted octanol–water partition coefficient (Wildman–Crippen LogP) is 0.418. The number of rotatable bonds is 7. The highest BCUT2D eigenvalue weighted by molar-refractivity contribution is 5.85. The molecule has 0 radical (unpaired) electrons. The van der Waals surface area contributed by atoms with E-state index in [9.17, 15) is 18.8 Å². The number of carboxylic acid groups (broad SMARTS) is 1. The fourth-order valence-corrected chi connectivity index (χ4v) is 1.59. The van der Waals surface area contributed by atoms with Gasteiger partial charge < -0.3 is 15.3 Å². The highest BCUT2D eigenvalue weighted by Crippen LogP contribution is 2.04. The van der Waals surface area contributed by atoms with Gasteiger partial charge in [-0.3, -0.25) is 14.4 Å². The number of benzene rings is 1. The molecule has 1 aromatic carbocycles. The topological polar surface area (TPSA) is 86.7 Å². The van der Waals surface area contributed by atoms with Gasteiger partial charge in [0.15, 0.2) is 0 Å². The number of halogens is 1. The van der Waals surface area contributed by atoms with Crippen LogP contribution in [-0.4, -0.2) is 47.9 Å². The molecule has 0 aromatic heterocycles. The Morgan fingerprint density at radius 2 is 2.05 bits per heavy atom. The molecular formula is C14H17FN2O4. The molecule has 0 saturated carbocycles. The van der Waals surface area contributed by atoms with Crippen molar-refractivity contribution < 1.29 is 23.9 Å². The zero-order valence-corrected chi connectivity index (χ0v) is 11.6. The van der Waals surface area contributed by atoms with Crippen LogP contribution in [-0.2, 0) is 20.8 Å². The molecule has 6 nitrogen and oxygen atoms in total. The molecule has 21 heavy (non-hydrogen) atoms. The number of carbonyl (C=O) groups excluding carboxylic acids is 2. The first kappa shape index (κ1) is 16.6. The maximum absolute atomic E-state index is 12.9. The summed E-state index contributed by atoms with van der Waals surface area (Å²) in [5.41, 5.74) is 0.513. The van der Waals surface area contributed by atoms with E-state index in [1.54, 1.807) is 6.07 Å². The average Bonchev–Trinajstić information content (AvgIpc) is 2.42. The van der Waals surface area contributed by atoms with E-state index in [-0.39, 0.29) is 31.8 Å². The maximum Gasteiger partial charge on any atom is 0.305 e. The van der Waals surface area contributed by atoms with Crippen LogP contribution in [0.15, 0.2) is 24.3 Å². The normalized spacial score (nSPS) is 10.0. The minimum Gasteiger partial charge on any atom is -0.481 e. The Balaban J connectivity index is 2.35. The summed E-state index contributed by atoms with van der Waals surface area (Å²) in [6, 6.07) is 5.65. The fraction of sp³-hybridized carbons (Fsp3) is 0.357. The third kappa shape index (κ3) is 6.51. The van der Waals surface area contributed by atoms with Gasteiger partial charge in [0.1, 0.15) is 5.82 Å². The lowest BCUT2D eigenvalue weighted by Crippen LogP contribution is -2.39. The SMILES string of the molecule is CN(CCC(=O)O)C(=O)CNC(=O)Cc1cccc(F)c1. The van der Waals surface area contributed by atoms with Crippen molar-refractivity contribution in [1.29, 1.82) is 0 Å². The molecule has 114 valence electrons. The van der Waals surface area contributed by atoms with Crippen LogP contribution in [0.2, 0.25) is 0 Å². The molecule has 2 N–H and O–H groups in total. The van der Waals surface area contributed by atoms with Crippen LogP contribution in [0.3, 0.4) is 0 Å². The van der Waals surface area contributed by atoms with Crippen molar-refractivity contribution in [2.75, 3.05) is 20.1 Å². The third-order valence-electron chi connectivity index (χ3n) is 2.78. The van der Waals surface area contributed by atoms with Gasteiger partial charge in [0.25, 0.3) is 0 Å². The Bertz CT molecular complexity index is 533. The van der Waals surface area contributed by atoms with Crippen LogP contribution in [0.25, 0.3) is 0 Å². The second kappa shape index (κ2) is 7.98. The summed E-state index contributed by atoms with van der Waals surface area (Å²) in [5.74, 6) is -2.21. The van der Waals surface area contributed by atoms with Crippen molar-refractivity contribution in [3.63, 3.8) is 0 Å². The molecule has 0 fully saturated rings. The van der Waals surface area contributed by atoms with Crippen molar-refractivity contribution in [2.24, 2.45) is 0 Å². The van der Waals surface area contributed by atoms with Gasteiger partial charge >= 0.3 is 5.97 Å². The summed E-state index contributed by atoms with van der Waals surface area (Å²) >= 11 is 0. The summed E-state index contributed by atoms with van der Waals surface area (Å²) < 4.78 is 12.9. The lowest BCUT2D eigenvalue weighted by atomic mass is 10.1. The largest absolute Gasteiger partial charge is 0.481 e. The molecule has 1 rings (SSSR count). The summed E-state index contributed by atoms with van der Waals surface area (Å²) in [4.78, 5) is 34.9. The molecule has 0 heterocycles. The second-order valence-electron chi connectivity index (χ2n) is 4.54. The first-order chi connectivity index (χ1) is 9.88. The number of nitrogens with zero attached hydrogens (tertiary/aromatic N) is 1. The number of hydrogen-bond donors (Lipinski definition) is 2. The molecule has 0 bridgehead atoms. The van der Waals surface area contributed by atoms with E-state index in [1.807, 2.05) is 0 Å². The van der Waals surface area contributed by atoms with Crippen LogP contribution in [0.4, 0.5) is 4.39 Å². The van der Waals surface area contributed by atoms with Crippen molar-refractivity contribution in [1.82, 2.24) is 10.2 Å². The minimum atomic E-state index is -0.996. The molecular weight excluding hydrogens is 279 g/mol. The van der Waals surface area contributed by atoms with E-state index < -0.39 is 17.7 Å². The Hall–Kier alpha value is -2.44. The first-order valence-electron chi connectivity index (χ1n) is 6.35. The quantitative estimate of drug-likeness (QED) is 0.763. The lowest BCUT2D eigenvalue weighted by Gasteiger charge is -2.16. The van der Waals surface area contributed by atoms with Gasteiger partial charge in [0.05, 0.1) is 19.4 Å². The highest BCUT2D eigenvalue weighted by Gasteiger charge is 2.12. The van der Waals surface area contributed by atoms with E-state index in [0.717, 1.165) is 0 Å². The van der Waals surface area contributed by atoms with Crippen molar-refractivity contribution >= 4 is 17.8 Å². The summed E-state index contributed by atoms with van der Waals surface area (Å²) in [7, 11) is 1.46. The van der Waals surface area contributed by atoms with Gasteiger partial charge in [-0.1, -0.05) is 12.1 Å². The maximum atomic E-state index is 12.9. The van der Waals surface area contributed by atoms with Gasteiger partial charge in [0.2, 0.25) is 11.8 Å². The average molecular weight is 296 g/mol. The number of carboxylic acids is 1. The molecule has 2 amide bonds. The number of likely N-dealkylation sites (N-methyl/N-ethyl adjacent to an activating group) is 1. The van der Waals surface area contributed by atoms with Crippen LogP contribution < -0.4 is 5.32 Å². The molecule has 0 aliphatic carbocycles. The van der Waals surface area contributed by atoms with Crippen LogP contribution in [0.1, 0.15) is 12.0 Å². The van der Waals surface area contributed by atoms with Crippen molar-refractivity contribution in [3.05, 3.63) is 35.6 Å². The van der Waals surface area contributed by atoms with E-state index in [1.165, 1.54) is 30.1 Å². The van der Waals surface area contributed by atoms with E-state index in [0.29, 0.717) is 5.56 Å². The Kier molecular flexibility index (Phi) is 6.32. The monoisotopic (exact) mass is 296 g/mol. The molecule has 1 aromatic rings. The lowest BCUT2D eigenvalue weighted by molar-refractivity contribution is -0.138. The standard InChI is InChI=1S/C14H17FN2O4/c1-17(6-5-14(20)21)13(19)9-16-12(18)8-10-3-2-4-11(15)7-10/h2-4,7H,5-6,8-9H2,1H3,(H,16,18)(H,20,21). The summed E-state index contributed by atoms with van der Waals surface area (Å²) in [6.07, 6.45) is -0.177. The third-order valence-corrected chi connectivity index (χ3v) is 2.78. The van der Waals surface area contributed by atoms with E-state index >= 15 is 0 Å². The molecule has 0 aliphatic rings. The van der Waals surface area contributed by atoms with Gasteiger partial charge in [-0.2, -0.15) is 0 Å². The van der Waals surface area contributed by atoms with Gasteiger partial charge in [-0.25, -0.2) is 4.39 Å².